The number of ether oxygens (including phenoxy) is 1. The quantitative estimate of drug-likeness (QED) is 0.891. The molecule has 2 rings (SSSR count). The average molecular weight is 298 g/mol. The molecule has 0 saturated heterocycles. The van der Waals surface area contributed by atoms with Gasteiger partial charge in [0.05, 0.1) is 11.7 Å². The van der Waals surface area contributed by atoms with E-state index in [2.05, 4.69) is 10.3 Å². The van der Waals surface area contributed by atoms with Crippen LogP contribution in [0.4, 0.5) is 0 Å². The van der Waals surface area contributed by atoms with Crippen LogP contribution < -0.4 is 10.1 Å². The lowest BCUT2D eigenvalue weighted by Gasteiger charge is -2.10. The third-order valence-corrected chi connectivity index (χ3v) is 3.17. The lowest BCUT2D eigenvalue weighted by molar-refractivity contribution is 0.0953. The van der Waals surface area contributed by atoms with Crippen molar-refractivity contribution < 1.29 is 9.53 Å². The van der Waals surface area contributed by atoms with Crippen LogP contribution in [0.25, 0.3) is 0 Å². The second-order valence-corrected chi connectivity index (χ2v) is 5.50. The Morgan fingerprint density at radius 2 is 1.91 bits per heavy atom. The molecule has 0 spiro atoms. The number of rotatable bonds is 6. The van der Waals surface area contributed by atoms with Gasteiger partial charge in [-0.2, -0.15) is 0 Å². The van der Waals surface area contributed by atoms with Crippen molar-refractivity contribution in [3.63, 3.8) is 0 Å². The van der Waals surface area contributed by atoms with Gasteiger partial charge in [-0.05, 0) is 57.0 Å². The van der Waals surface area contributed by atoms with Gasteiger partial charge >= 0.3 is 0 Å². The lowest BCUT2D eigenvalue weighted by atomic mass is 10.1. The summed E-state index contributed by atoms with van der Waals surface area (Å²) in [4.78, 5) is 16.1. The minimum atomic E-state index is -0.0905. The van der Waals surface area contributed by atoms with E-state index in [-0.39, 0.29) is 12.0 Å². The van der Waals surface area contributed by atoms with Crippen molar-refractivity contribution in [2.75, 3.05) is 6.54 Å². The monoisotopic (exact) mass is 298 g/mol. The molecular formula is C18H22N2O2. The standard InChI is InChI=1S/C18H22N2O2/c1-13(2)22-17-8-5-15(6-9-17)10-11-19-18(21)16-7-4-14(3)20-12-16/h4-9,12-13H,10-11H2,1-3H3,(H,19,21). The van der Waals surface area contributed by atoms with Gasteiger partial charge in [0.1, 0.15) is 5.75 Å². The Morgan fingerprint density at radius 3 is 2.50 bits per heavy atom. The van der Waals surface area contributed by atoms with Crippen LogP contribution in [0, 0.1) is 6.92 Å². The van der Waals surface area contributed by atoms with Gasteiger partial charge in [-0.3, -0.25) is 9.78 Å². The Kier molecular flexibility index (Phi) is 5.53. The number of carbonyl (C=O) groups is 1. The summed E-state index contributed by atoms with van der Waals surface area (Å²) in [5, 5.41) is 2.90. The number of hydrogen-bond donors (Lipinski definition) is 1. The van der Waals surface area contributed by atoms with Crippen molar-refractivity contribution >= 4 is 5.91 Å². The zero-order valence-corrected chi connectivity index (χ0v) is 13.3. The molecule has 1 aromatic carbocycles. The number of nitrogens with one attached hydrogen (secondary N) is 1. The third kappa shape index (κ3) is 4.88. The molecule has 1 amide bonds. The molecule has 4 nitrogen and oxygen atoms in total. The van der Waals surface area contributed by atoms with Gasteiger partial charge in [-0.15, -0.1) is 0 Å². The molecule has 116 valence electrons. The highest BCUT2D eigenvalue weighted by molar-refractivity contribution is 5.93. The molecule has 0 radical (unpaired) electrons. The number of aryl methyl sites for hydroxylation is 1. The topological polar surface area (TPSA) is 51.2 Å². The van der Waals surface area contributed by atoms with E-state index in [9.17, 15) is 4.79 Å². The van der Waals surface area contributed by atoms with Gasteiger partial charge in [-0.25, -0.2) is 0 Å². The molecule has 0 bridgehead atoms. The number of nitrogens with zero attached hydrogens (tertiary/aromatic N) is 1. The van der Waals surface area contributed by atoms with E-state index >= 15 is 0 Å². The molecule has 1 heterocycles. The van der Waals surface area contributed by atoms with Gasteiger partial charge in [0.15, 0.2) is 0 Å². The van der Waals surface area contributed by atoms with Crippen molar-refractivity contribution in [2.45, 2.75) is 33.3 Å². The number of hydrogen-bond acceptors (Lipinski definition) is 3. The second-order valence-electron chi connectivity index (χ2n) is 5.50. The first-order valence-electron chi connectivity index (χ1n) is 7.51. The zero-order chi connectivity index (χ0) is 15.9. The maximum absolute atomic E-state index is 12.0. The molecule has 0 aliphatic carbocycles. The minimum Gasteiger partial charge on any atom is -0.491 e. The summed E-state index contributed by atoms with van der Waals surface area (Å²) in [6.45, 7) is 6.50. The van der Waals surface area contributed by atoms with Crippen LogP contribution in [-0.4, -0.2) is 23.5 Å². The minimum absolute atomic E-state index is 0.0905. The summed E-state index contributed by atoms with van der Waals surface area (Å²) < 4.78 is 5.60. The van der Waals surface area contributed by atoms with E-state index in [1.165, 1.54) is 5.56 Å². The first kappa shape index (κ1) is 16.0. The van der Waals surface area contributed by atoms with Gasteiger partial charge in [0.25, 0.3) is 5.91 Å². The number of aromatic nitrogens is 1. The Hall–Kier alpha value is -2.36. The summed E-state index contributed by atoms with van der Waals surface area (Å²) in [6, 6.07) is 11.6. The summed E-state index contributed by atoms with van der Waals surface area (Å²) in [7, 11) is 0. The highest BCUT2D eigenvalue weighted by atomic mass is 16.5. The fourth-order valence-electron chi connectivity index (χ4n) is 2.03. The highest BCUT2D eigenvalue weighted by Crippen LogP contribution is 2.14. The molecular weight excluding hydrogens is 276 g/mol. The molecule has 0 atom stereocenters. The number of carbonyl (C=O) groups excluding carboxylic acids is 1. The van der Waals surface area contributed by atoms with Gasteiger partial charge in [-0.1, -0.05) is 12.1 Å². The Bertz CT molecular complexity index is 604. The average Bonchev–Trinajstić information content (AvgIpc) is 2.49. The Balaban J connectivity index is 1.80. The number of benzene rings is 1. The van der Waals surface area contributed by atoms with E-state index in [0.29, 0.717) is 12.1 Å². The van der Waals surface area contributed by atoms with E-state index in [1.807, 2.05) is 51.1 Å². The van der Waals surface area contributed by atoms with Crippen LogP contribution in [0.1, 0.15) is 35.5 Å². The molecule has 2 aromatic rings. The largest absolute Gasteiger partial charge is 0.491 e. The molecule has 1 N–H and O–H groups in total. The smallest absolute Gasteiger partial charge is 0.252 e. The van der Waals surface area contributed by atoms with Gasteiger partial charge in [0, 0.05) is 18.4 Å². The predicted molar refractivity (Wildman–Crippen MR) is 87.2 cm³/mol. The van der Waals surface area contributed by atoms with Crippen LogP contribution in [0.2, 0.25) is 0 Å². The van der Waals surface area contributed by atoms with E-state index in [4.69, 9.17) is 4.74 Å². The maximum Gasteiger partial charge on any atom is 0.252 e. The van der Waals surface area contributed by atoms with E-state index in [1.54, 1.807) is 12.3 Å². The molecule has 0 aliphatic heterocycles. The fraction of sp³-hybridized carbons (Fsp3) is 0.333. The SMILES string of the molecule is Cc1ccc(C(=O)NCCc2ccc(OC(C)C)cc2)cn1. The lowest BCUT2D eigenvalue weighted by Crippen LogP contribution is -2.25. The molecule has 1 aromatic heterocycles. The van der Waals surface area contributed by atoms with Crippen LogP contribution >= 0.6 is 0 Å². The van der Waals surface area contributed by atoms with Crippen LogP contribution in [0.3, 0.4) is 0 Å². The summed E-state index contributed by atoms with van der Waals surface area (Å²) in [5.74, 6) is 0.778. The van der Waals surface area contributed by atoms with Gasteiger partial charge in [0.2, 0.25) is 0 Å². The molecule has 0 aliphatic rings. The summed E-state index contributed by atoms with van der Waals surface area (Å²) in [5.41, 5.74) is 2.66. The Morgan fingerprint density at radius 1 is 1.18 bits per heavy atom. The number of pyridine rings is 1. The molecule has 0 fully saturated rings. The third-order valence-electron chi connectivity index (χ3n) is 3.17. The maximum atomic E-state index is 12.0. The fourth-order valence-corrected chi connectivity index (χ4v) is 2.03. The van der Waals surface area contributed by atoms with Crippen LogP contribution in [-0.2, 0) is 6.42 Å². The normalized spacial score (nSPS) is 10.5. The second kappa shape index (κ2) is 7.59. The first-order chi connectivity index (χ1) is 10.5. The van der Waals surface area contributed by atoms with Crippen molar-refractivity contribution in [3.05, 3.63) is 59.4 Å². The molecule has 22 heavy (non-hydrogen) atoms. The molecule has 4 heteroatoms. The van der Waals surface area contributed by atoms with Gasteiger partial charge < -0.3 is 10.1 Å². The molecule has 0 unspecified atom stereocenters. The van der Waals surface area contributed by atoms with Crippen LogP contribution in [0.15, 0.2) is 42.6 Å². The zero-order valence-electron chi connectivity index (χ0n) is 13.3. The number of amides is 1. The molecule has 0 saturated carbocycles. The van der Waals surface area contributed by atoms with E-state index < -0.39 is 0 Å². The summed E-state index contributed by atoms with van der Waals surface area (Å²) >= 11 is 0. The van der Waals surface area contributed by atoms with Crippen LogP contribution in [0.5, 0.6) is 5.75 Å². The van der Waals surface area contributed by atoms with E-state index in [0.717, 1.165) is 17.9 Å². The van der Waals surface area contributed by atoms with Crippen molar-refractivity contribution in [3.8, 4) is 5.75 Å². The van der Waals surface area contributed by atoms with Crippen molar-refractivity contribution in [2.24, 2.45) is 0 Å². The highest BCUT2D eigenvalue weighted by Gasteiger charge is 2.05. The summed E-state index contributed by atoms with van der Waals surface area (Å²) in [6.07, 6.45) is 2.56. The Labute approximate surface area is 131 Å². The first-order valence-corrected chi connectivity index (χ1v) is 7.51. The van der Waals surface area contributed by atoms with Crippen molar-refractivity contribution in [1.82, 2.24) is 10.3 Å². The predicted octanol–water partition coefficient (Wildman–Crippen LogP) is 3.15. The van der Waals surface area contributed by atoms with Crippen molar-refractivity contribution in [1.29, 1.82) is 0 Å².